The minimum atomic E-state index is 0. The molecule has 0 aromatic carbocycles. The van der Waals surface area contributed by atoms with Crippen LogP contribution in [-0.4, -0.2) is 0 Å². The van der Waals surface area contributed by atoms with Crippen LogP contribution in [0.5, 0.6) is 0 Å². The van der Waals surface area contributed by atoms with Crippen LogP contribution in [0.3, 0.4) is 0 Å². The maximum Gasteiger partial charge on any atom is 0.103 e. The van der Waals surface area contributed by atoms with Crippen LogP contribution in [0, 0.1) is 0 Å². The molecule has 1 aromatic rings. The average molecular weight is 112 g/mol. The molecule has 0 unspecified atom stereocenters. The molecule has 1 heteroatoms. The summed E-state index contributed by atoms with van der Waals surface area (Å²) in [5.41, 5.74) is 0. The van der Waals surface area contributed by atoms with Crippen molar-refractivity contribution >= 4 is 0 Å². The second-order valence-corrected chi connectivity index (χ2v) is 1.43. The van der Waals surface area contributed by atoms with Crippen molar-refractivity contribution < 1.29 is 4.42 Å². The maximum absolute atomic E-state index is 4.98. The van der Waals surface area contributed by atoms with E-state index in [1.807, 2.05) is 12.1 Å². The van der Waals surface area contributed by atoms with E-state index in [1.165, 1.54) is 0 Å². The molecule has 1 nitrogen and oxygen atoms in total. The molecule has 46 valence electrons. The molecular weight excluding hydrogens is 100 g/mol. The minimum absolute atomic E-state index is 0. The van der Waals surface area contributed by atoms with Crippen molar-refractivity contribution in [2.75, 3.05) is 0 Å². The van der Waals surface area contributed by atoms with E-state index in [1.54, 1.807) is 6.26 Å². The van der Waals surface area contributed by atoms with Crippen molar-refractivity contribution in [3.8, 4) is 0 Å². The molecule has 8 heavy (non-hydrogen) atoms. The van der Waals surface area contributed by atoms with E-state index in [0.29, 0.717) is 0 Å². The topological polar surface area (TPSA) is 13.1 Å². The Labute approximate surface area is 50.3 Å². The summed E-state index contributed by atoms with van der Waals surface area (Å²) in [5.74, 6) is 1.06. The highest BCUT2D eigenvalue weighted by molar-refractivity contribution is 4.96. The van der Waals surface area contributed by atoms with Gasteiger partial charge < -0.3 is 4.42 Å². The number of hydrogen-bond donors (Lipinski definition) is 0. The zero-order chi connectivity index (χ0) is 5.11. The lowest BCUT2D eigenvalue weighted by Crippen LogP contribution is -1.66. The van der Waals surface area contributed by atoms with Gasteiger partial charge in [-0.2, -0.15) is 0 Å². The number of aryl methyl sites for hydroxylation is 1. The van der Waals surface area contributed by atoms with Crippen molar-refractivity contribution in [3.05, 3.63) is 24.2 Å². The van der Waals surface area contributed by atoms with Crippen LogP contribution in [0.4, 0.5) is 0 Å². The largest absolute Gasteiger partial charge is 0.469 e. The molecule has 0 amide bonds. The molecule has 0 saturated heterocycles. The SMILES string of the molecule is C.CCc1ccco1. The summed E-state index contributed by atoms with van der Waals surface area (Å²) >= 11 is 0. The Balaban J connectivity index is 0.000000490. The number of furan rings is 1. The zero-order valence-electron chi connectivity index (χ0n) is 4.35. The summed E-state index contributed by atoms with van der Waals surface area (Å²) in [7, 11) is 0. The van der Waals surface area contributed by atoms with Crippen LogP contribution in [0.25, 0.3) is 0 Å². The molecule has 0 aliphatic heterocycles. The molecular formula is C7H12O. The minimum Gasteiger partial charge on any atom is -0.469 e. The van der Waals surface area contributed by atoms with Gasteiger partial charge in [-0.3, -0.25) is 0 Å². The van der Waals surface area contributed by atoms with E-state index in [4.69, 9.17) is 4.42 Å². The molecule has 0 fully saturated rings. The van der Waals surface area contributed by atoms with Gasteiger partial charge in [-0.05, 0) is 12.1 Å². The normalized spacial score (nSPS) is 8.12. The van der Waals surface area contributed by atoms with Crippen LogP contribution >= 0.6 is 0 Å². The third-order valence-corrected chi connectivity index (χ3v) is 0.929. The van der Waals surface area contributed by atoms with Crippen molar-refractivity contribution in [2.45, 2.75) is 20.8 Å². The Morgan fingerprint density at radius 3 is 2.62 bits per heavy atom. The number of hydrogen-bond acceptors (Lipinski definition) is 1. The Morgan fingerprint density at radius 2 is 2.38 bits per heavy atom. The smallest absolute Gasteiger partial charge is 0.103 e. The molecule has 1 rings (SSSR count). The van der Waals surface area contributed by atoms with Crippen molar-refractivity contribution in [2.24, 2.45) is 0 Å². The summed E-state index contributed by atoms with van der Waals surface area (Å²) in [6.07, 6.45) is 2.69. The van der Waals surface area contributed by atoms with E-state index in [9.17, 15) is 0 Å². The molecule has 0 aliphatic carbocycles. The summed E-state index contributed by atoms with van der Waals surface area (Å²) < 4.78 is 4.98. The van der Waals surface area contributed by atoms with Crippen molar-refractivity contribution in [3.63, 3.8) is 0 Å². The lowest BCUT2D eigenvalue weighted by molar-refractivity contribution is 0.516. The highest BCUT2D eigenvalue weighted by Crippen LogP contribution is 1.98. The molecule has 1 aromatic heterocycles. The quantitative estimate of drug-likeness (QED) is 0.544. The van der Waals surface area contributed by atoms with E-state index >= 15 is 0 Å². The third-order valence-electron chi connectivity index (χ3n) is 0.929. The summed E-state index contributed by atoms with van der Waals surface area (Å²) in [6.45, 7) is 2.07. The first kappa shape index (κ1) is 7.28. The number of rotatable bonds is 1. The van der Waals surface area contributed by atoms with Gasteiger partial charge >= 0.3 is 0 Å². The molecule has 0 saturated carbocycles. The maximum atomic E-state index is 4.98. The Morgan fingerprint density at radius 1 is 1.62 bits per heavy atom. The fraction of sp³-hybridized carbons (Fsp3) is 0.429. The predicted molar refractivity (Wildman–Crippen MR) is 34.8 cm³/mol. The zero-order valence-corrected chi connectivity index (χ0v) is 4.35. The highest BCUT2D eigenvalue weighted by atomic mass is 16.3. The monoisotopic (exact) mass is 112 g/mol. The van der Waals surface area contributed by atoms with Gasteiger partial charge in [-0.25, -0.2) is 0 Å². The second kappa shape index (κ2) is 3.30. The third kappa shape index (κ3) is 1.41. The Bertz CT molecular complexity index is 119. The molecule has 0 radical (unpaired) electrons. The first-order valence-corrected chi connectivity index (χ1v) is 2.46. The summed E-state index contributed by atoms with van der Waals surface area (Å²) in [4.78, 5) is 0. The van der Waals surface area contributed by atoms with Crippen LogP contribution in [0.1, 0.15) is 20.1 Å². The average Bonchev–Trinajstić information content (AvgIpc) is 2.14. The summed E-state index contributed by atoms with van der Waals surface area (Å²) in [6, 6.07) is 3.87. The van der Waals surface area contributed by atoms with Gasteiger partial charge in [-0.15, -0.1) is 0 Å². The fourth-order valence-corrected chi connectivity index (χ4v) is 0.514. The molecule has 0 N–H and O–H groups in total. The van der Waals surface area contributed by atoms with Gasteiger partial charge in [0.2, 0.25) is 0 Å². The van der Waals surface area contributed by atoms with E-state index in [2.05, 4.69) is 6.92 Å². The Hall–Kier alpha value is -0.720. The van der Waals surface area contributed by atoms with Gasteiger partial charge in [0.25, 0.3) is 0 Å². The molecule has 1 heterocycles. The lowest BCUT2D eigenvalue weighted by atomic mass is 10.4. The molecule has 0 aliphatic rings. The van der Waals surface area contributed by atoms with E-state index in [-0.39, 0.29) is 7.43 Å². The van der Waals surface area contributed by atoms with Crippen LogP contribution < -0.4 is 0 Å². The van der Waals surface area contributed by atoms with Crippen molar-refractivity contribution in [1.29, 1.82) is 0 Å². The molecule has 0 spiro atoms. The van der Waals surface area contributed by atoms with Gasteiger partial charge in [0.05, 0.1) is 6.26 Å². The second-order valence-electron chi connectivity index (χ2n) is 1.43. The van der Waals surface area contributed by atoms with E-state index in [0.717, 1.165) is 12.2 Å². The van der Waals surface area contributed by atoms with Gasteiger partial charge in [0.1, 0.15) is 5.76 Å². The van der Waals surface area contributed by atoms with E-state index < -0.39 is 0 Å². The van der Waals surface area contributed by atoms with Crippen LogP contribution in [0.15, 0.2) is 22.8 Å². The standard InChI is InChI=1S/C6H8O.CH4/c1-2-6-4-3-5-7-6;/h3-5H,2H2,1H3;1H4. The molecule has 0 atom stereocenters. The first-order chi connectivity index (χ1) is 3.43. The Kier molecular flexibility index (Phi) is 3.01. The highest BCUT2D eigenvalue weighted by Gasteiger charge is 1.84. The van der Waals surface area contributed by atoms with Crippen molar-refractivity contribution in [1.82, 2.24) is 0 Å². The lowest BCUT2D eigenvalue weighted by Gasteiger charge is -1.79. The van der Waals surface area contributed by atoms with Gasteiger partial charge in [0.15, 0.2) is 0 Å². The van der Waals surface area contributed by atoms with Gasteiger partial charge in [0, 0.05) is 6.42 Å². The van der Waals surface area contributed by atoms with Gasteiger partial charge in [-0.1, -0.05) is 14.4 Å². The van der Waals surface area contributed by atoms with Crippen LogP contribution in [-0.2, 0) is 6.42 Å². The first-order valence-electron chi connectivity index (χ1n) is 2.46. The predicted octanol–water partition coefficient (Wildman–Crippen LogP) is 2.48. The fourth-order valence-electron chi connectivity index (χ4n) is 0.514. The molecule has 0 bridgehead atoms. The van der Waals surface area contributed by atoms with Crippen LogP contribution in [0.2, 0.25) is 0 Å². The summed E-state index contributed by atoms with van der Waals surface area (Å²) in [5, 5.41) is 0.